The summed E-state index contributed by atoms with van der Waals surface area (Å²) in [6.07, 6.45) is 6.84. The van der Waals surface area contributed by atoms with Crippen LogP contribution in [0.4, 0.5) is 5.82 Å². The number of anilines is 1. The van der Waals surface area contributed by atoms with Crippen LogP contribution in [-0.4, -0.2) is 35.0 Å². The van der Waals surface area contributed by atoms with Gasteiger partial charge in [-0.05, 0) is 37.1 Å². The molecule has 0 spiro atoms. The predicted molar refractivity (Wildman–Crippen MR) is 150 cm³/mol. The molecule has 0 bridgehead atoms. The van der Waals surface area contributed by atoms with Crippen LogP contribution in [0.15, 0.2) is 85.5 Å². The van der Waals surface area contributed by atoms with Gasteiger partial charge in [0.05, 0.1) is 40.4 Å². The van der Waals surface area contributed by atoms with Gasteiger partial charge in [0.15, 0.2) is 0 Å². The number of hydrogen-bond acceptors (Lipinski definition) is 6. The molecule has 1 aromatic carbocycles. The number of carbonyl (C=O) groups excluding carboxylic acids is 1. The molecule has 1 atom stereocenters. The first-order valence-corrected chi connectivity index (χ1v) is 12.4. The highest BCUT2D eigenvalue weighted by Crippen LogP contribution is 2.31. The second-order valence-electron chi connectivity index (χ2n) is 9.12. The summed E-state index contributed by atoms with van der Waals surface area (Å²) >= 11 is 0. The van der Waals surface area contributed by atoms with Crippen LogP contribution in [0, 0.1) is 11.8 Å². The second kappa shape index (κ2) is 9.76. The molecule has 190 valence electrons. The Morgan fingerprint density at radius 3 is 2.64 bits per heavy atom. The highest BCUT2D eigenvalue weighted by Gasteiger charge is 2.24. The van der Waals surface area contributed by atoms with E-state index in [0.717, 1.165) is 33.5 Å². The summed E-state index contributed by atoms with van der Waals surface area (Å²) in [5.41, 5.74) is 11.7. The van der Waals surface area contributed by atoms with Gasteiger partial charge in [0.25, 0.3) is 5.91 Å². The molecule has 9 nitrogen and oxygen atoms in total. The number of hydrogen-bond donors (Lipinski definition) is 2. The molecular weight excluding hydrogens is 488 g/mol. The van der Waals surface area contributed by atoms with Gasteiger partial charge >= 0.3 is 0 Å². The van der Waals surface area contributed by atoms with Crippen LogP contribution in [0.1, 0.15) is 40.3 Å². The molecule has 0 saturated heterocycles. The number of nitrogens with one attached hydrogen (secondary N) is 1. The fourth-order valence-electron chi connectivity index (χ4n) is 4.62. The summed E-state index contributed by atoms with van der Waals surface area (Å²) in [5.74, 6) is 6.21. The molecule has 1 amide bonds. The van der Waals surface area contributed by atoms with Crippen LogP contribution in [0.5, 0.6) is 0 Å². The lowest BCUT2D eigenvalue weighted by molar-refractivity contribution is 0.0941. The summed E-state index contributed by atoms with van der Waals surface area (Å²) in [4.78, 5) is 27.0. The third-order valence-electron chi connectivity index (χ3n) is 6.42. The normalized spacial score (nSPS) is 11.7. The van der Waals surface area contributed by atoms with Crippen molar-refractivity contribution in [3.63, 3.8) is 0 Å². The monoisotopic (exact) mass is 512 g/mol. The molecule has 0 saturated carbocycles. The van der Waals surface area contributed by atoms with E-state index < -0.39 is 6.04 Å². The SMILES string of the molecule is C[C@@H](NC(=O)c1c(N)ncc2cccnc12)c1nc2cccc(C#Cc3cnn(C)c3)n2c1-c1ccccc1. The van der Waals surface area contributed by atoms with Gasteiger partial charge in [-0.3, -0.25) is 18.9 Å². The average molecular weight is 513 g/mol. The van der Waals surface area contributed by atoms with Gasteiger partial charge in [-0.25, -0.2) is 9.97 Å². The Morgan fingerprint density at radius 2 is 1.85 bits per heavy atom. The molecule has 0 aliphatic heterocycles. The molecule has 5 heterocycles. The van der Waals surface area contributed by atoms with Gasteiger partial charge in [-0.15, -0.1) is 0 Å². The zero-order chi connectivity index (χ0) is 26.9. The first-order chi connectivity index (χ1) is 19.0. The molecule has 6 rings (SSSR count). The Labute approximate surface area is 224 Å². The van der Waals surface area contributed by atoms with E-state index in [1.54, 1.807) is 29.3 Å². The lowest BCUT2D eigenvalue weighted by Gasteiger charge is -2.16. The van der Waals surface area contributed by atoms with E-state index in [-0.39, 0.29) is 17.3 Å². The fourth-order valence-corrected chi connectivity index (χ4v) is 4.62. The fraction of sp³-hybridized carbons (Fsp3) is 0.100. The molecule has 5 aromatic heterocycles. The Bertz CT molecular complexity index is 1910. The minimum atomic E-state index is -0.467. The number of imidazole rings is 1. The van der Waals surface area contributed by atoms with Gasteiger partial charge in [0.1, 0.15) is 17.0 Å². The Kier molecular flexibility index (Phi) is 5.98. The molecule has 0 radical (unpaired) electrons. The summed E-state index contributed by atoms with van der Waals surface area (Å²) in [6, 6.07) is 18.9. The topological polar surface area (TPSA) is 116 Å². The smallest absolute Gasteiger partial charge is 0.257 e. The van der Waals surface area contributed by atoms with Gasteiger partial charge in [-0.1, -0.05) is 42.3 Å². The first-order valence-electron chi connectivity index (χ1n) is 12.4. The van der Waals surface area contributed by atoms with E-state index in [0.29, 0.717) is 11.2 Å². The number of nitrogen functional groups attached to an aromatic ring is 1. The zero-order valence-electron chi connectivity index (χ0n) is 21.3. The number of nitrogens with zero attached hydrogens (tertiary/aromatic N) is 6. The molecule has 6 aromatic rings. The third kappa shape index (κ3) is 4.45. The Balaban J connectivity index is 1.46. The number of fused-ring (bicyclic) bond motifs is 2. The standard InChI is InChI=1S/C30H24N8O/c1-19(35-30(39)25-27-22(10-7-15-32-27)17-33-29(25)31)26-28(21-8-4-3-5-9-21)38-23(11-6-12-24(38)36-26)14-13-20-16-34-37(2)18-20/h3-12,15-19H,1-2H3,(H2,31,33)(H,35,39)/t19-/m1/s1. The maximum atomic E-state index is 13.5. The predicted octanol–water partition coefficient (Wildman–Crippen LogP) is 4.15. The molecule has 0 fully saturated rings. The van der Waals surface area contributed by atoms with Crippen molar-refractivity contribution in [1.82, 2.24) is 34.4 Å². The lowest BCUT2D eigenvalue weighted by atomic mass is 10.1. The molecule has 0 aliphatic carbocycles. The van der Waals surface area contributed by atoms with E-state index in [4.69, 9.17) is 10.7 Å². The summed E-state index contributed by atoms with van der Waals surface area (Å²) in [5, 5.41) is 8.01. The minimum absolute atomic E-state index is 0.122. The highest BCUT2D eigenvalue weighted by molar-refractivity contribution is 6.09. The van der Waals surface area contributed by atoms with Gasteiger partial charge < -0.3 is 11.1 Å². The van der Waals surface area contributed by atoms with Crippen molar-refractivity contribution in [3.8, 4) is 23.1 Å². The van der Waals surface area contributed by atoms with E-state index in [1.165, 1.54) is 0 Å². The van der Waals surface area contributed by atoms with Crippen molar-refractivity contribution in [2.24, 2.45) is 7.05 Å². The number of pyridine rings is 3. The van der Waals surface area contributed by atoms with Crippen LogP contribution in [0.3, 0.4) is 0 Å². The van der Waals surface area contributed by atoms with Crippen molar-refractivity contribution >= 4 is 28.3 Å². The van der Waals surface area contributed by atoms with Crippen LogP contribution >= 0.6 is 0 Å². The largest absolute Gasteiger partial charge is 0.383 e. The molecular formula is C30H24N8O. The van der Waals surface area contributed by atoms with E-state index >= 15 is 0 Å². The summed E-state index contributed by atoms with van der Waals surface area (Å²) in [7, 11) is 1.86. The number of amides is 1. The molecule has 0 aliphatic rings. The zero-order valence-corrected chi connectivity index (χ0v) is 21.3. The summed E-state index contributed by atoms with van der Waals surface area (Å²) < 4.78 is 3.74. The first kappa shape index (κ1) is 23.9. The molecule has 39 heavy (non-hydrogen) atoms. The third-order valence-corrected chi connectivity index (χ3v) is 6.42. The average Bonchev–Trinajstić information content (AvgIpc) is 3.56. The number of aryl methyl sites for hydroxylation is 1. The number of carbonyl (C=O) groups is 1. The van der Waals surface area contributed by atoms with Gasteiger partial charge in [0, 0.05) is 36.6 Å². The molecule has 3 N–H and O–H groups in total. The highest BCUT2D eigenvalue weighted by atomic mass is 16.1. The van der Waals surface area contributed by atoms with Crippen molar-refractivity contribution in [2.45, 2.75) is 13.0 Å². The lowest BCUT2D eigenvalue weighted by Crippen LogP contribution is -2.28. The molecule has 0 unspecified atom stereocenters. The van der Waals surface area contributed by atoms with Crippen molar-refractivity contribution in [2.75, 3.05) is 5.73 Å². The van der Waals surface area contributed by atoms with Crippen LogP contribution < -0.4 is 11.1 Å². The maximum absolute atomic E-state index is 13.5. The minimum Gasteiger partial charge on any atom is -0.383 e. The maximum Gasteiger partial charge on any atom is 0.257 e. The van der Waals surface area contributed by atoms with Crippen LogP contribution in [-0.2, 0) is 7.05 Å². The van der Waals surface area contributed by atoms with E-state index in [2.05, 4.69) is 32.2 Å². The quantitative estimate of drug-likeness (QED) is 0.343. The van der Waals surface area contributed by atoms with Gasteiger partial charge in [0.2, 0.25) is 0 Å². The second-order valence-corrected chi connectivity index (χ2v) is 9.12. The van der Waals surface area contributed by atoms with Gasteiger partial charge in [-0.2, -0.15) is 5.10 Å². The summed E-state index contributed by atoms with van der Waals surface area (Å²) in [6.45, 7) is 1.90. The van der Waals surface area contributed by atoms with E-state index in [1.807, 2.05) is 79.2 Å². The Hall–Kier alpha value is -5.49. The number of nitrogens with two attached hydrogens (primary N) is 1. The van der Waals surface area contributed by atoms with E-state index in [9.17, 15) is 4.79 Å². The number of benzene rings is 1. The molecule has 9 heteroatoms. The number of aromatic nitrogens is 6. The van der Waals surface area contributed by atoms with Crippen molar-refractivity contribution in [3.05, 3.63) is 108 Å². The van der Waals surface area contributed by atoms with Crippen molar-refractivity contribution in [1.29, 1.82) is 0 Å². The van der Waals surface area contributed by atoms with Crippen LogP contribution in [0.2, 0.25) is 0 Å². The van der Waals surface area contributed by atoms with Crippen molar-refractivity contribution < 1.29 is 4.79 Å². The Morgan fingerprint density at radius 1 is 1.00 bits per heavy atom. The number of rotatable bonds is 4. The van der Waals surface area contributed by atoms with Crippen LogP contribution in [0.25, 0.3) is 27.8 Å².